The summed E-state index contributed by atoms with van der Waals surface area (Å²) in [4.78, 5) is 5.25. The second-order valence-electron chi connectivity index (χ2n) is 4.20. The van der Waals surface area contributed by atoms with Crippen molar-refractivity contribution in [1.82, 2.24) is 0 Å². The van der Waals surface area contributed by atoms with Crippen LogP contribution >= 0.6 is 11.6 Å². The van der Waals surface area contributed by atoms with Gasteiger partial charge in [0.25, 0.3) is 0 Å². The summed E-state index contributed by atoms with van der Waals surface area (Å²) in [5.74, 6) is 0.624. The van der Waals surface area contributed by atoms with Crippen LogP contribution in [-0.2, 0) is 11.4 Å². The molecule has 1 aromatic rings. The molecule has 1 fully saturated rings. The quantitative estimate of drug-likeness (QED) is 0.572. The smallest absolute Gasteiger partial charge is 0.142 e. The van der Waals surface area contributed by atoms with Gasteiger partial charge in [-0.05, 0) is 36.5 Å². The molecule has 0 saturated heterocycles. The van der Waals surface area contributed by atoms with E-state index in [1.54, 1.807) is 0 Å². The summed E-state index contributed by atoms with van der Waals surface area (Å²) in [6, 6.07) is 7.65. The average Bonchev–Trinajstić information content (AvgIpc) is 2.77. The zero-order valence-corrected chi connectivity index (χ0v) is 9.99. The van der Waals surface area contributed by atoms with E-state index in [0.717, 1.165) is 10.6 Å². The summed E-state index contributed by atoms with van der Waals surface area (Å²) in [5.41, 5.74) is 1.05. The van der Waals surface area contributed by atoms with Crippen molar-refractivity contribution >= 4 is 17.8 Å². The molecular weight excluding hydrogens is 222 g/mol. The Hall–Kier alpha value is -1.02. The van der Waals surface area contributed by atoms with E-state index in [-0.39, 0.29) is 0 Å². The molecule has 0 aliphatic heterocycles. The predicted molar refractivity (Wildman–Crippen MR) is 66.7 cm³/mol. The van der Waals surface area contributed by atoms with E-state index >= 15 is 0 Å². The van der Waals surface area contributed by atoms with Crippen LogP contribution in [0.25, 0.3) is 0 Å². The zero-order chi connectivity index (χ0) is 11.2. The topological polar surface area (TPSA) is 21.6 Å². The third-order valence-corrected chi connectivity index (χ3v) is 3.10. The fraction of sp³-hybridized carbons (Fsp3) is 0.462. The third-order valence-electron chi connectivity index (χ3n) is 2.87. The van der Waals surface area contributed by atoms with Gasteiger partial charge < -0.3 is 4.84 Å². The first kappa shape index (κ1) is 11.5. The van der Waals surface area contributed by atoms with Crippen LogP contribution < -0.4 is 0 Å². The lowest BCUT2D eigenvalue weighted by molar-refractivity contribution is 0.130. The first-order valence-corrected chi connectivity index (χ1v) is 6.12. The van der Waals surface area contributed by atoms with Crippen LogP contribution in [0, 0.1) is 5.92 Å². The molecule has 2 nitrogen and oxygen atoms in total. The number of hydrogen-bond acceptors (Lipinski definition) is 2. The van der Waals surface area contributed by atoms with Crippen LogP contribution in [0.5, 0.6) is 0 Å². The lowest BCUT2D eigenvalue weighted by atomic mass is 10.1. The molecule has 16 heavy (non-hydrogen) atoms. The van der Waals surface area contributed by atoms with Crippen LogP contribution in [0.2, 0.25) is 5.02 Å². The molecule has 0 bridgehead atoms. The number of oxime groups is 1. The minimum Gasteiger partial charge on any atom is -0.391 e. The molecule has 0 atom stereocenters. The largest absolute Gasteiger partial charge is 0.391 e. The maximum Gasteiger partial charge on any atom is 0.142 e. The van der Waals surface area contributed by atoms with Gasteiger partial charge in [0, 0.05) is 11.2 Å². The Morgan fingerprint density at radius 1 is 1.38 bits per heavy atom. The molecular formula is C13H16ClNO. The van der Waals surface area contributed by atoms with Gasteiger partial charge in [0.15, 0.2) is 0 Å². The van der Waals surface area contributed by atoms with E-state index in [0.29, 0.717) is 12.5 Å². The second kappa shape index (κ2) is 5.90. The third kappa shape index (κ3) is 3.53. The molecule has 1 aliphatic rings. The molecule has 0 spiro atoms. The van der Waals surface area contributed by atoms with Crippen molar-refractivity contribution in [3.63, 3.8) is 0 Å². The van der Waals surface area contributed by atoms with Crippen LogP contribution in [0.15, 0.2) is 29.4 Å². The van der Waals surface area contributed by atoms with Gasteiger partial charge in [-0.25, -0.2) is 0 Å². The van der Waals surface area contributed by atoms with Gasteiger partial charge in [0.05, 0.1) is 0 Å². The first-order valence-electron chi connectivity index (χ1n) is 5.74. The van der Waals surface area contributed by atoms with Gasteiger partial charge in [-0.3, -0.25) is 0 Å². The Kier molecular flexibility index (Phi) is 4.23. The monoisotopic (exact) mass is 237 g/mol. The van der Waals surface area contributed by atoms with Gasteiger partial charge in [-0.2, -0.15) is 0 Å². The molecule has 86 valence electrons. The predicted octanol–water partition coefficient (Wildman–Crippen LogP) is 4.03. The normalized spacial score (nSPS) is 17.1. The highest BCUT2D eigenvalue weighted by atomic mass is 35.5. The Balaban J connectivity index is 1.75. The molecule has 1 saturated carbocycles. The van der Waals surface area contributed by atoms with E-state index in [2.05, 4.69) is 5.16 Å². The highest BCUT2D eigenvalue weighted by Crippen LogP contribution is 2.22. The second-order valence-corrected chi connectivity index (χ2v) is 4.64. The van der Waals surface area contributed by atoms with Gasteiger partial charge in [0.1, 0.15) is 6.61 Å². The standard InChI is InChI=1S/C13H16ClNO/c14-13-7-3-6-12(8-13)10-16-15-9-11-4-1-2-5-11/h3,6-9,11H,1-2,4-5,10H2. The summed E-state index contributed by atoms with van der Waals surface area (Å²) in [7, 11) is 0. The van der Waals surface area contributed by atoms with Crippen LogP contribution in [0.4, 0.5) is 0 Å². The van der Waals surface area contributed by atoms with Crippen LogP contribution in [-0.4, -0.2) is 6.21 Å². The van der Waals surface area contributed by atoms with E-state index in [1.807, 2.05) is 30.5 Å². The molecule has 1 aromatic carbocycles. The van der Waals surface area contributed by atoms with Gasteiger partial charge in [0.2, 0.25) is 0 Å². The summed E-state index contributed by atoms with van der Waals surface area (Å²) in [6.45, 7) is 0.490. The fourth-order valence-corrected chi connectivity index (χ4v) is 2.19. The molecule has 0 N–H and O–H groups in total. The Bertz CT molecular complexity index is 359. The maximum atomic E-state index is 5.87. The number of benzene rings is 1. The van der Waals surface area contributed by atoms with Crippen LogP contribution in [0.1, 0.15) is 31.2 Å². The van der Waals surface area contributed by atoms with Crippen molar-refractivity contribution in [2.45, 2.75) is 32.3 Å². The number of hydrogen-bond donors (Lipinski definition) is 0. The molecule has 0 amide bonds. The van der Waals surface area contributed by atoms with E-state index < -0.39 is 0 Å². The van der Waals surface area contributed by atoms with E-state index in [9.17, 15) is 0 Å². The van der Waals surface area contributed by atoms with Gasteiger partial charge >= 0.3 is 0 Å². The zero-order valence-electron chi connectivity index (χ0n) is 9.23. The van der Waals surface area contributed by atoms with Gasteiger partial charge in [-0.1, -0.05) is 41.7 Å². The molecule has 0 radical (unpaired) electrons. The van der Waals surface area contributed by atoms with Crippen molar-refractivity contribution in [2.75, 3.05) is 0 Å². The van der Waals surface area contributed by atoms with Crippen molar-refractivity contribution in [2.24, 2.45) is 11.1 Å². The maximum absolute atomic E-state index is 5.87. The van der Waals surface area contributed by atoms with E-state index in [1.165, 1.54) is 25.7 Å². The van der Waals surface area contributed by atoms with E-state index in [4.69, 9.17) is 16.4 Å². The van der Waals surface area contributed by atoms with Crippen molar-refractivity contribution in [1.29, 1.82) is 0 Å². The van der Waals surface area contributed by atoms with Gasteiger partial charge in [-0.15, -0.1) is 0 Å². The van der Waals surface area contributed by atoms with Crippen molar-refractivity contribution in [3.8, 4) is 0 Å². The lowest BCUT2D eigenvalue weighted by Crippen LogP contribution is -1.95. The highest BCUT2D eigenvalue weighted by Gasteiger charge is 2.12. The number of nitrogens with zero attached hydrogens (tertiary/aromatic N) is 1. The number of rotatable bonds is 4. The summed E-state index contributed by atoms with van der Waals surface area (Å²) in [6.07, 6.45) is 7.10. The first-order chi connectivity index (χ1) is 7.84. The lowest BCUT2D eigenvalue weighted by Gasteiger charge is -2.02. The molecule has 3 heteroatoms. The highest BCUT2D eigenvalue weighted by molar-refractivity contribution is 6.30. The summed E-state index contributed by atoms with van der Waals surface area (Å²) >= 11 is 5.87. The Labute approximate surface area is 101 Å². The molecule has 0 heterocycles. The summed E-state index contributed by atoms with van der Waals surface area (Å²) in [5, 5.41) is 4.75. The summed E-state index contributed by atoms with van der Waals surface area (Å²) < 4.78 is 0. The molecule has 1 aliphatic carbocycles. The molecule has 0 aromatic heterocycles. The minimum absolute atomic E-state index is 0.490. The Morgan fingerprint density at radius 3 is 2.94 bits per heavy atom. The molecule has 0 unspecified atom stereocenters. The van der Waals surface area contributed by atoms with Crippen LogP contribution in [0.3, 0.4) is 0 Å². The Morgan fingerprint density at radius 2 is 2.19 bits per heavy atom. The van der Waals surface area contributed by atoms with Crippen molar-refractivity contribution < 1.29 is 4.84 Å². The van der Waals surface area contributed by atoms with Crippen molar-refractivity contribution in [3.05, 3.63) is 34.9 Å². The molecule has 2 rings (SSSR count). The number of halogens is 1. The minimum atomic E-state index is 0.490. The average molecular weight is 238 g/mol. The fourth-order valence-electron chi connectivity index (χ4n) is 1.97. The SMILES string of the molecule is Clc1cccc(CON=CC2CCCC2)c1.